The molecule has 0 aliphatic rings. The summed E-state index contributed by atoms with van der Waals surface area (Å²) >= 11 is 0. The van der Waals surface area contributed by atoms with Crippen molar-refractivity contribution in [2.75, 3.05) is 12.0 Å². The number of anilines is 1. The average Bonchev–Trinajstić information content (AvgIpc) is 2.38. The molecule has 2 N–H and O–H groups in total. The average molecular weight is 212 g/mol. The molecule has 0 radical (unpaired) electrons. The number of hydrogen-bond acceptors (Lipinski definition) is 2. The smallest absolute Gasteiger partial charge is 0.0565 e. The molecule has 0 atom stereocenters. The van der Waals surface area contributed by atoms with Crippen LogP contribution in [-0.2, 0) is 0 Å². The Morgan fingerprint density at radius 2 is 1.56 bits per heavy atom. The van der Waals surface area contributed by atoms with Crippen molar-refractivity contribution >= 4 is 5.69 Å². The normalized spacial score (nSPS) is 10.1. The first-order chi connectivity index (χ1) is 7.92. The fraction of sp³-hybridized carbons (Fsp3) is 0.143. The molecule has 82 valence electrons. The van der Waals surface area contributed by atoms with Crippen molar-refractivity contribution in [3.8, 4) is 11.1 Å². The van der Waals surface area contributed by atoms with Crippen molar-refractivity contribution in [3.05, 3.63) is 54.6 Å². The van der Waals surface area contributed by atoms with Crippen LogP contribution < -0.4 is 10.9 Å². The number of benzene rings is 2. The van der Waals surface area contributed by atoms with Crippen molar-refractivity contribution in [2.24, 2.45) is 0 Å². The lowest BCUT2D eigenvalue weighted by molar-refractivity contribution is 0.845. The largest absolute Gasteiger partial charge is 0.321 e. The van der Waals surface area contributed by atoms with Gasteiger partial charge in [-0.15, -0.1) is 0 Å². The van der Waals surface area contributed by atoms with Crippen LogP contribution in [-0.4, -0.2) is 6.54 Å². The van der Waals surface area contributed by atoms with E-state index in [4.69, 9.17) is 0 Å². The maximum atomic E-state index is 3.21. The van der Waals surface area contributed by atoms with Gasteiger partial charge in [0.25, 0.3) is 0 Å². The standard InChI is InChI=1S/C14H16N2/c1-2-15-16-14-11-7-6-10-13(14)12-8-4-3-5-9-12/h3-11,15-16H,2H2,1H3. The maximum absolute atomic E-state index is 3.21. The van der Waals surface area contributed by atoms with Crippen LogP contribution in [0.3, 0.4) is 0 Å². The van der Waals surface area contributed by atoms with Crippen molar-refractivity contribution in [3.63, 3.8) is 0 Å². The highest BCUT2D eigenvalue weighted by Crippen LogP contribution is 2.26. The van der Waals surface area contributed by atoms with Crippen LogP contribution in [0.15, 0.2) is 54.6 Å². The second-order valence-corrected chi connectivity index (χ2v) is 3.57. The third-order valence-corrected chi connectivity index (χ3v) is 2.41. The molecule has 0 unspecified atom stereocenters. The van der Waals surface area contributed by atoms with E-state index in [9.17, 15) is 0 Å². The van der Waals surface area contributed by atoms with Gasteiger partial charge in [0.1, 0.15) is 0 Å². The molecule has 0 bridgehead atoms. The Bertz CT molecular complexity index is 437. The highest BCUT2D eigenvalue weighted by Gasteiger charge is 2.02. The zero-order chi connectivity index (χ0) is 11.2. The van der Waals surface area contributed by atoms with Gasteiger partial charge in [0, 0.05) is 12.1 Å². The Balaban J connectivity index is 2.33. The van der Waals surface area contributed by atoms with E-state index in [1.807, 2.05) is 12.1 Å². The van der Waals surface area contributed by atoms with Crippen LogP contribution in [0, 0.1) is 0 Å². The zero-order valence-corrected chi connectivity index (χ0v) is 9.40. The predicted octanol–water partition coefficient (Wildman–Crippen LogP) is 3.29. The number of rotatable bonds is 4. The molecular formula is C14H16N2. The minimum absolute atomic E-state index is 0.892. The van der Waals surface area contributed by atoms with Gasteiger partial charge in [0.15, 0.2) is 0 Å². The fourth-order valence-electron chi connectivity index (χ4n) is 1.65. The third-order valence-electron chi connectivity index (χ3n) is 2.41. The van der Waals surface area contributed by atoms with E-state index in [0.717, 1.165) is 12.2 Å². The second-order valence-electron chi connectivity index (χ2n) is 3.57. The molecule has 2 nitrogen and oxygen atoms in total. The summed E-state index contributed by atoms with van der Waals surface area (Å²) in [6.07, 6.45) is 0. The van der Waals surface area contributed by atoms with E-state index in [1.54, 1.807) is 0 Å². The maximum Gasteiger partial charge on any atom is 0.0565 e. The Kier molecular flexibility index (Phi) is 3.57. The first-order valence-electron chi connectivity index (χ1n) is 5.55. The molecule has 2 aromatic carbocycles. The summed E-state index contributed by atoms with van der Waals surface area (Å²) in [6.45, 7) is 2.96. The monoisotopic (exact) mass is 212 g/mol. The van der Waals surface area contributed by atoms with E-state index in [2.05, 4.69) is 60.2 Å². The predicted molar refractivity (Wildman–Crippen MR) is 69.2 cm³/mol. The third kappa shape index (κ3) is 2.41. The van der Waals surface area contributed by atoms with E-state index < -0.39 is 0 Å². The van der Waals surface area contributed by atoms with Crippen LogP contribution in [0.1, 0.15) is 6.92 Å². The molecule has 0 saturated carbocycles. The minimum atomic E-state index is 0.892. The Morgan fingerprint density at radius 3 is 2.31 bits per heavy atom. The molecule has 0 fully saturated rings. The highest BCUT2D eigenvalue weighted by atomic mass is 15.3. The topological polar surface area (TPSA) is 24.1 Å². The van der Waals surface area contributed by atoms with Crippen molar-refractivity contribution in [1.82, 2.24) is 5.43 Å². The molecule has 0 heterocycles. The molecule has 16 heavy (non-hydrogen) atoms. The molecule has 2 heteroatoms. The Morgan fingerprint density at radius 1 is 0.875 bits per heavy atom. The molecule has 0 spiro atoms. The van der Waals surface area contributed by atoms with Crippen LogP contribution >= 0.6 is 0 Å². The van der Waals surface area contributed by atoms with E-state index in [0.29, 0.717) is 0 Å². The summed E-state index contributed by atoms with van der Waals surface area (Å²) in [4.78, 5) is 0. The summed E-state index contributed by atoms with van der Waals surface area (Å²) in [5.41, 5.74) is 9.88. The van der Waals surface area contributed by atoms with Gasteiger partial charge < -0.3 is 5.43 Å². The van der Waals surface area contributed by atoms with Crippen LogP contribution in [0.5, 0.6) is 0 Å². The van der Waals surface area contributed by atoms with Gasteiger partial charge in [-0.3, -0.25) is 0 Å². The number of para-hydroxylation sites is 1. The lowest BCUT2D eigenvalue weighted by Crippen LogP contribution is -2.20. The molecule has 0 aliphatic carbocycles. The number of hydrogen-bond donors (Lipinski definition) is 2. The van der Waals surface area contributed by atoms with Crippen molar-refractivity contribution < 1.29 is 0 Å². The summed E-state index contributed by atoms with van der Waals surface area (Å²) < 4.78 is 0. The summed E-state index contributed by atoms with van der Waals surface area (Å²) in [5.74, 6) is 0. The number of nitrogens with one attached hydrogen (secondary N) is 2. The van der Waals surface area contributed by atoms with E-state index >= 15 is 0 Å². The first kappa shape index (κ1) is 10.7. The van der Waals surface area contributed by atoms with Crippen LogP contribution in [0.25, 0.3) is 11.1 Å². The van der Waals surface area contributed by atoms with Crippen LogP contribution in [0.2, 0.25) is 0 Å². The number of hydrazine groups is 1. The van der Waals surface area contributed by atoms with Gasteiger partial charge in [0.05, 0.1) is 5.69 Å². The molecular weight excluding hydrogens is 196 g/mol. The van der Waals surface area contributed by atoms with E-state index in [-0.39, 0.29) is 0 Å². The molecule has 2 aromatic rings. The fourth-order valence-corrected chi connectivity index (χ4v) is 1.65. The summed E-state index contributed by atoms with van der Waals surface area (Å²) in [6, 6.07) is 18.7. The lowest BCUT2D eigenvalue weighted by Gasteiger charge is -2.11. The van der Waals surface area contributed by atoms with Gasteiger partial charge in [-0.05, 0) is 11.6 Å². The lowest BCUT2D eigenvalue weighted by atomic mass is 10.0. The SMILES string of the molecule is CCNNc1ccccc1-c1ccccc1. The van der Waals surface area contributed by atoms with Gasteiger partial charge >= 0.3 is 0 Å². The molecule has 0 amide bonds. The highest BCUT2D eigenvalue weighted by molar-refractivity contribution is 5.77. The van der Waals surface area contributed by atoms with Gasteiger partial charge in [-0.25, -0.2) is 5.43 Å². The Labute approximate surface area is 96.3 Å². The van der Waals surface area contributed by atoms with Crippen molar-refractivity contribution in [2.45, 2.75) is 6.92 Å². The molecule has 0 aliphatic heterocycles. The quantitative estimate of drug-likeness (QED) is 0.760. The minimum Gasteiger partial charge on any atom is -0.321 e. The summed E-state index contributed by atoms with van der Waals surface area (Å²) in [7, 11) is 0. The van der Waals surface area contributed by atoms with Gasteiger partial charge in [-0.1, -0.05) is 55.5 Å². The Hall–Kier alpha value is -1.80. The van der Waals surface area contributed by atoms with Crippen molar-refractivity contribution in [1.29, 1.82) is 0 Å². The first-order valence-corrected chi connectivity index (χ1v) is 5.55. The zero-order valence-electron chi connectivity index (χ0n) is 9.40. The van der Waals surface area contributed by atoms with Gasteiger partial charge in [0.2, 0.25) is 0 Å². The molecule has 0 saturated heterocycles. The van der Waals surface area contributed by atoms with E-state index in [1.165, 1.54) is 11.1 Å². The molecule has 2 rings (SSSR count). The van der Waals surface area contributed by atoms with Gasteiger partial charge in [-0.2, -0.15) is 0 Å². The second kappa shape index (κ2) is 5.33. The summed E-state index contributed by atoms with van der Waals surface area (Å²) in [5, 5.41) is 0. The molecule has 0 aromatic heterocycles. The van der Waals surface area contributed by atoms with Crippen LogP contribution in [0.4, 0.5) is 5.69 Å².